The van der Waals surface area contributed by atoms with Gasteiger partial charge in [-0.05, 0) is 12.1 Å². The van der Waals surface area contributed by atoms with Crippen LogP contribution in [0.1, 0.15) is 0 Å². The molecule has 0 saturated heterocycles. The molecule has 0 radical (unpaired) electrons. The first kappa shape index (κ1) is 14.3. The molecule has 100 valence electrons. The van der Waals surface area contributed by atoms with Crippen molar-refractivity contribution in [3.05, 3.63) is 29.8 Å². The molecule has 0 aliphatic heterocycles. The van der Waals surface area contributed by atoms with Crippen LogP contribution < -0.4 is 10.6 Å². The minimum Gasteiger partial charge on any atom is -0.389 e. The Morgan fingerprint density at radius 1 is 1.50 bits per heavy atom. The van der Waals surface area contributed by atoms with Crippen molar-refractivity contribution in [1.82, 2.24) is 5.32 Å². The summed E-state index contributed by atoms with van der Waals surface area (Å²) in [5.41, 5.74) is -0.143. The molecule has 7 heteroatoms. The molecular weight excluding hydrogens is 246 g/mol. The van der Waals surface area contributed by atoms with Crippen LogP contribution in [0.5, 0.6) is 0 Å². The fourth-order valence-corrected chi connectivity index (χ4v) is 1.22. The standard InChI is InChI=1S/C11H14F2N2O3/c1-18-6-8(16)5-14-11(17)15-10-3-2-7(12)4-9(10)13/h2-4,8,16H,5-6H2,1H3,(H2,14,15,17). The zero-order valence-electron chi connectivity index (χ0n) is 9.74. The molecule has 0 heterocycles. The molecule has 3 N–H and O–H groups in total. The number of benzene rings is 1. The van der Waals surface area contributed by atoms with E-state index in [2.05, 4.69) is 15.4 Å². The third kappa shape index (κ3) is 4.64. The number of aliphatic hydroxyl groups is 1. The molecule has 0 aliphatic rings. The zero-order chi connectivity index (χ0) is 13.5. The first-order valence-corrected chi connectivity index (χ1v) is 5.20. The first-order chi connectivity index (χ1) is 8.52. The molecule has 18 heavy (non-hydrogen) atoms. The normalized spacial score (nSPS) is 12.0. The van der Waals surface area contributed by atoms with Gasteiger partial charge in [-0.15, -0.1) is 0 Å². The summed E-state index contributed by atoms with van der Waals surface area (Å²) in [6.07, 6.45) is -0.848. The largest absolute Gasteiger partial charge is 0.389 e. The zero-order valence-corrected chi connectivity index (χ0v) is 9.74. The molecule has 1 aromatic carbocycles. The number of rotatable bonds is 5. The molecule has 0 aromatic heterocycles. The van der Waals surface area contributed by atoms with Gasteiger partial charge in [-0.2, -0.15) is 0 Å². The van der Waals surface area contributed by atoms with E-state index in [-0.39, 0.29) is 18.8 Å². The number of anilines is 1. The van der Waals surface area contributed by atoms with Crippen molar-refractivity contribution in [3.63, 3.8) is 0 Å². The number of carbonyl (C=O) groups excluding carboxylic acids is 1. The van der Waals surface area contributed by atoms with Crippen LogP contribution in [0.2, 0.25) is 0 Å². The van der Waals surface area contributed by atoms with E-state index in [1.807, 2.05) is 0 Å². The fourth-order valence-electron chi connectivity index (χ4n) is 1.22. The van der Waals surface area contributed by atoms with Crippen LogP contribution in [0.4, 0.5) is 19.3 Å². The molecule has 1 aromatic rings. The van der Waals surface area contributed by atoms with Crippen LogP contribution in [-0.2, 0) is 4.74 Å². The Kier molecular flexibility index (Phi) is 5.47. The second kappa shape index (κ2) is 6.87. The lowest BCUT2D eigenvalue weighted by atomic mass is 10.3. The molecule has 1 rings (SSSR count). The molecule has 5 nitrogen and oxygen atoms in total. The lowest BCUT2D eigenvalue weighted by Gasteiger charge is -2.12. The Morgan fingerprint density at radius 3 is 2.83 bits per heavy atom. The summed E-state index contributed by atoms with van der Waals surface area (Å²) in [4.78, 5) is 11.3. The van der Waals surface area contributed by atoms with Crippen molar-refractivity contribution < 1.29 is 23.4 Å². The van der Waals surface area contributed by atoms with Crippen molar-refractivity contribution in [3.8, 4) is 0 Å². The van der Waals surface area contributed by atoms with Crippen LogP contribution in [-0.4, -0.2) is 37.5 Å². The number of hydrogen-bond acceptors (Lipinski definition) is 3. The predicted octanol–water partition coefficient (Wildman–Crippen LogP) is 1.09. The quantitative estimate of drug-likeness (QED) is 0.742. The molecule has 0 bridgehead atoms. The van der Waals surface area contributed by atoms with E-state index < -0.39 is 23.8 Å². The van der Waals surface area contributed by atoms with Gasteiger partial charge >= 0.3 is 6.03 Å². The average Bonchev–Trinajstić information content (AvgIpc) is 2.31. The maximum absolute atomic E-state index is 13.2. The summed E-state index contributed by atoms with van der Waals surface area (Å²) in [6.45, 7) is 0.0354. The first-order valence-electron chi connectivity index (χ1n) is 5.20. The highest BCUT2D eigenvalue weighted by Crippen LogP contribution is 2.14. The van der Waals surface area contributed by atoms with Gasteiger partial charge in [-0.1, -0.05) is 0 Å². The Morgan fingerprint density at radius 2 is 2.22 bits per heavy atom. The number of halogens is 2. The molecule has 0 aliphatic carbocycles. The number of urea groups is 1. The highest BCUT2D eigenvalue weighted by Gasteiger charge is 2.09. The van der Waals surface area contributed by atoms with E-state index in [0.717, 1.165) is 12.1 Å². The fraction of sp³-hybridized carbons (Fsp3) is 0.364. The third-order valence-electron chi connectivity index (χ3n) is 2.04. The van der Waals surface area contributed by atoms with Gasteiger partial charge < -0.3 is 20.5 Å². The van der Waals surface area contributed by atoms with Gasteiger partial charge in [0, 0.05) is 19.7 Å². The summed E-state index contributed by atoms with van der Waals surface area (Å²) >= 11 is 0. The predicted molar refractivity (Wildman–Crippen MR) is 61.3 cm³/mol. The Hall–Kier alpha value is -1.73. The van der Waals surface area contributed by atoms with Gasteiger partial charge in [0.25, 0.3) is 0 Å². The summed E-state index contributed by atoms with van der Waals surface area (Å²) in [6, 6.07) is 2.10. The van der Waals surface area contributed by atoms with E-state index in [1.165, 1.54) is 7.11 Å². The highest BCUT2D eigenvalue weighted by atomic mass is 19.1. The lowest BCUT2D eigenvalue weighted by molar-refractivity contribution is 0.0663. The lowest BCUT2D eigenvalue weighted by Crippen LogP contribution is -2.37. The summed E-state index contributed by atoms with van der Waals surface area (Å²) in [5, 5.41) is 13.8. The van der Waals surface area contributed by atoms with Crippen LogP contribution in [0.15, 0.2) is 18.2 Å². The summed E-state index contributed by atoms with van der Waals surface area (Å²) in [5.74, 6) is -1.60. The number of hydrogen-bond donors (Lipinski definition) is 3. The third-order valence-corrected chi connectivity index (χ3v) is 2.04. The Bertz CT molecular complexity index is 415. The van der Waals surface area contributed by atoms with Crippen LogP contribution in [0.25, 0.3) is 0 Å². The molecule has 2 amide bonds. The number of carbonyl (C=O) groups is 1. The molecule has 1 atom stereocenters. The monoisotopic (exact) mass is 260 g/mol. The van der Waals surface area contributed by atoms with Crippen molar-refractivity contribution in [2.24, 2.45) is 0 Å². The molecule has 1 unspecified atom stereocenters. The van der Waals surface area contributed by atoms with E-state index in [9.17, 15) is 18.7 Å². The number of ether oxygens (including phenoxy) is 1. The smallest absolute Gasteiger partial charge is 0.319 e. The van der Waals surface area contributed by atoms with E-state index in [1.54, 1.807) is 0 Å². The Labute approximate surface area is 103 Å². The number of amides is 2. The topological polar surface area (TPSA) is 70.6 Å². The van der Waals surface area contributed by atoms with Crippen molar-refractivity contribution in [2.75, 3.05) is 25.6 Å². The second-order valence-corrected chi connectivity index (χ2v) is 3.57. The van der Waals surface area contributed by atoms with E-state index >= 15 is 0 Å². The van der Waals surface area contributed by atoms with Gasteiger partial charge in [-0.3, -0.25) is 0 Å². The van der Waals surface area contributed by atoms with Crippen molar-refractivity contribution in [1.29, 1.82) is 0 Å². The summed E-state index contributed by atoms with van der Waals surface area (Å²) < 4.78 is 30.4. The SMILES string of the molecule is COCC(O)CNC(=O)Nc1ccc(F)cc1F. The van der Waals surface area contributed by atoms with Gasteiger partial charge in [0.05, 0.1) is 18.4 Å². The second-order valence-electron chi connectivity index (χ2n) is 3.57. The average molecular weight is 260 g/mol. The van der Waals surface area contributed by atoms with E-state index in [4.69, 9.17) is 0 Å². The summed E-state index contributed by atoms with van der Waals surface area (Å²) in [7, 11) is 1.41. The minimum atomic E-state index is -0.873. The molecule has 0 saturated carbocycles. The minimum absolute atomic E-state index is 0.0392. The van der Waals surface area contributed by atoms with Crippen LogP contribution >= 0.6 is 0 Å². The van der Waals surface area contributed by atoms with Crippen molar-refractivity contribution in [2.45, 2.75) is 6.10 Å². The van der Waals surface area contributed by atoms with Gasteiger partial charge in [0.1, 0.15) is 11.6 Å². The number of nitrogens with one attached hydrogen (secondary N) is 2. The van der Waals surface area contributed by atoms with Crippen LogP contribution in [0.3, 0.4) is 0 Å². The molecular formula is C11H14F2N2O3. The molecule has 0 spiro atoms. The maximum atomic E-state index is 13.2. The van der Waals surface area contributed by atoms with Gasteiger partial charge in [0.2, 0.25) is 0 Å². The van der Waals surface area contributed by atoms with Gasteiger partial charge in [-0.25, -0.2) is 13.6 Å². The van der Waals surface area contributed by atoms with E-state index in [0.29, 0.717) is 6.07 Å². The molecule has 0 fully saturated rings. The van der Waals surface area contributed by atoms with Crippen molar-refractivity contribution >= 4 is 11.7 Å². The van der Waals surface area contributed by atoms with Gasteiger partial charge in [0.15, 0.2) is 0 Å². The number of methoxy groups -OCH3 is 1. The Balaban J connectivity index is 2.44. The number of aliphatic hydroxyl groups excluding tert-OH is 1. The van der Waals surface area contributed by atoms with Crippen LogP contribution in [0, 0.1) is 11.6 Å². The maximum Gasteiger partial charge on any atom is 0.319 e. The highest BCUT2D eigenvalue weighted by molar-refractivity contribution is 5.89.